The third kappa shape index (κ3) is 5.13. The highest BCUT2D eigenvalue weighted by molar-refractivity contribution is 5.67. The lowest BCUT2D eigenvalue weighted by molar-refractivity contribution is 0.0171. The van der Waals surface area contributed by atoms with E-state index in [4.69, 9.17) is 19.2 Å². The summed E-state index contributed by atoms with van der Waals surface area (Å²) in [6.45, 7) is 6.02. The number of aromatic amines is 1. The predicted octanol–water partition coefficient (Wildman–Crippen LogP) is 2.33. The molecule has 0 radical (unpaired) electrons. The van der Waals surface area contributed by atoms with Gasteiger partial charge in [-0.1, -0.05) is 0 Å². The first kappa shape index (κ1) is 24.4. The summed E-state index contributed by atoms with van der Waals surface area (Å²) in [6.07, 6.45) is 0.616. The Hall–Kier alpha value is -3.29. The molecule has 36 heavy (non-hydrogen) atoms. The molecule has 0 aliphatic carbocycles. The minimum atomic E-state index is -1.53. The summed E-state index contributed by atoms with van der Waals surface area (Å²) < 4.78 is 32.8. The number of ether oxygens (including phenoxy) is 3. The highest BCUT2D eigenvalue weighted by atomic mass is 19.1. The van der Waals surface area contributed by atoms with Crippen molar-refractivity contribution in [2.75, 3.05) is 32.2 Å². The van der Waals surface area contributed by atoms with E-state index < -0.39 is 24.5 Å². The van der Waals surface area contributed by atoms with Gasteiger partial charge in [0.05, 0.1) is 24.6 Å². The monoisotopic (exact) mass is 502 g/mol. The van der Waals surface area contributed by atoms with Crippen LogP contribution in [0.2, 0.25) is 0 Å². The third-order valence-electron chi connectivity index (χ3n) is 6.32. The number of alkyl halides is 1. The fourth-order valence-corrected chi connectivity index (χ4v) is 4.44. The number of H-pyrrole nitrogens is 1. The van der Waals surface area contributed by atoms with Crippen LogP contribution in [-0.4, -0.2) is 86.8 Å². The van der Waals surface area contributed by atoms with E-state index in [9.17, 15) is 9.18 Å². The standard InChI is InChI=1S/C23H31FN8O4/c1-13(2)26-23(33)36-17-12-35-21(20(17)24)16-8-18(30-29-16)28-22-25-6-4-19-27-14(10-32(19)22)9-31-7-5-15(31)11-34-3/h4,6,8,10,13,15,17,20-21H,5,7,9,11-12H2,1-3H3,(H,26,33)(H2,25,28,29,30)/t15?,17-,20-,21-/m1/s1. The fraction of sp³-hybridized carbons (Fsp3) is 0.565. The van der Waals surface area contributed by atoms with Crippen LogP contribution in [0.5, 0.6) is 0 Å². The molecule has 3 aromatic rings. The van der Waals surface area contributed by atoms with E-state index in [0.717, 1.165) is 30.9 Å². The molecule has 2 saturated heterocycles. The molecule has 2 aliphatic heterocycles. The number of rotatable bonds is 9. The quantitative estimate of drug-likeness (QED) is 0.403. The first-order valence-corrected chi connectivity index (χ1v) is 12.0. The van der Waals surface area contributed by atoms with Crippen LogP contribution < -0.4 is 10.6 Å². The predicted molar refractivity (Wildman–Crippen MR) is 128 cm³/mol. The zero-order valence-corrected chi connectivity index (χ0v) is 20.5. The molecule has 0 bridgehead atoms. The van der Waals surface area contributed by atoms with Gasteiger partial charge in [-0.05, 0) is 26.3 Å². The Kier molecular flexibility index (Phi) is 7.03. The summed E-state index contributed by atoms with van der Waals surface area (Å²) >= 11 is 0. The largest absolute Gasteiger partial charge is 0.441 e. The lowest BCUT2D eigenvalue weighted by Crippen LogP contribution is -2.49. The Morgan fingerprint density at radius 2 is 2.28 bits per heavy atom. The van der Waals surface area contributed by atoms with Crippen molar-refractivity contribution in [2.45, 2.75) is 57.3 Å². The molecule has 5 heterocycles. The summed E-state index contributed by atoms with van der Waals surface area (Å²) in [4.78, 5) is 23.3. The van der Waals surface area contributed by atoms with E-state index >= 15 is 0 Å². The Bertz CT molecular complexity index is 1200. The van der Waals surface area contributed by atoms with Crippen LogP contribution in [0, 0.1) is 0 Å². The molecule has 4 atom stereocenters. The molecule has 3 aromatic heterocycles. The number of halogens is 1. The molecule has 194 valence electrons. The molecular weight excluding hydrogens is 471 g/mol. The van der Waals surface area contributed by atoms with Crippen molar-refractivity contribution in [3.8, 4) is 0 Å². The van der Waals surface area contributed by atoms with Crippen LogP contribution >= 0.6 is 0 Å². The molecule has 3 N–H and O–H groups in total. The van der Waals surface area contributed by atoms with Gasteiger partial charge in [-0.25, -0.2) is 19.2 Å². The molecule has 12 nitrogen and oxygen atoms in total. The molecule has 0 saturated carbocycles. The van der Waals surface area contributed by atoms with Crippen molar-refractivity contribution in [1.82, 2.24) is 34.8 Å². The van der Waals surface area contributed by atoms with Gasteiger partial charge in [0.1, 0.15) is 11.8 Å². The Morgan fingerprint density at radius 1 is 1.42 bits per heavy atom. The lowest BCUT2D eigenvalue weighted by Gasteiger charge is -2.40. The number of hydrogen-bond donors (Lipinski definition) is 3. The number of fused-ring (bicyclic) bond motifs is 1. The number of hydrogen-bond acceptors (Lipinski definition) is 9. The van der Waals surface area contributed by atoms with Gasteiger partial charge in [-0.15, -0.1) is 0 Å². The number of nitrogens with zero attached hydrogens (tertiary/aromatic N) is 5. The van der Waals surface area contributed by atoms with Crippen molar-refractivity contribution < 1.29 is 23.4 Å². The molecular formula is C23H31FN8O4. The smallest absolute Gasteiger partial charge is 0.407 e. The Morgan fingerprint density at radius 3 is 3.03 bits per heavy atom. The molecule has 0 spiro atoms. The number of anilines is 2. The fourth-order valence-electron chi connectivity index (χ4n) is 4.44. The second-order valence-corrected chi connectivity index (χ2v) is 9.37. The topological polar surface area (TPSA) is 131 Å². The average Bonchev–Trinajstić information content (AvgIpc) is 3.54. The van der Waals surface area contributed by atoms with Crippen LogP contribution in [0.4, 0.5) is 21.0 Å². The van der Waals surface area contributed by atoms with E-state index in [0.29, 0.717) is 30.1 Å². The number of nitrogens with one attached hydrogen (secondary N) is 3. The van der Waals surface area contributed by atoms with Gasteiger partial charge in [0.25, 0.3) is 0 Å². The summed E-state index contributed by atoms with van der Waals surface area (Å²) in [5, 5.41) is 12.8. The maximum absolute atomic E-state index is 15.0. The van der Waals surface area contributed by atoms with E-state index in [1.165, 1.54) is 0 Å². The number of carbonyl (C=O) groups is 1. The van der Waals surface area contributed by atoms with Crippen LogP contribution in [0.15, 0.2) is 24.5 Å². The summed E-state index contributed by atoms with van der Waals surface area (Å²) in [7, 11) is 1.72. The summed E-state index contributed by atoms with van der Waals surface area (Å²) in [5.41, 5.74) is 2.12. The minimum absolute atomic E-state index is 0.0416. The number of methoxy groups -OCH3 is 1. The van der Waals surface area contributed by atoms with Gasteiger partial charge < -0.3 is 24.8 Å². The van der Waals surface area contributed by atoms with Crippen molar-refractivity contribution in [1.29, 1.82) is 0 Å². The number of amides is 1. The van der Waals surface area contributed by atoms with E-state index in [1.54, 1.807) is 33.2 Å². The number of aromatic nitrogens is 5. The van der Waals surface area contributed by atoms with Crippen molar-refractivity contribution in [2.24, 2.45) is 0 Å². The highest BCUT2D eigenvalue weighted by Crippen LogP contribution is 2.33. The van der Waals surface area contributed by atoms with Gasteiger partial charge in [0.15, 0.2) is 18.1 Å². The van der Waals surface area contributed by atoms with E-state index in [1.807, 2.05) is 16.7 Å². The van der Waals surface area contributed by atoms with Gasteiger partial charge in [-0.2, -0.15) is 5.10 Å². The lowest BCUT2D eigenvalue weighted by atomic mass is 10.0. The number of alkyl carbamates (subject to hydrolysis) is 1. The van der Waals surface area contributed by atoms with Crippen LogP contribution in [0.3, 0.4) is 0 Å². The SMILES string of the molecule is COCC1CCN1Cc1cn2c(Nc3cc([C@H]4OC[C@@H](OC(=O)NC(C)C)[C@H]4F)[nH]n3)nccc2n1. The van der Waals surface area contributed by atoms with Crippen LogP contribution in [0.1, 0.15) is 37.8 Å². The molecule has 2 aliphatic rings. The molecule has 1 unspecified atom stereocenters. The number of imidazole rings is 1. The van der Waals surface area contributed by atoms with E-state index in [-0.39, 0.29) is 12.6 Å². The zero-order valence-electron chi connectivity index (χ0n) is 20.5. The first-order valence-electron chi connectivity index (χ1n) is 12.0. The summed E-state index contributed by atoms with van der Waals surface area (Å²) in [6, 6.07) is 3.80. The van der Waals surface area contributed by atoms with Crippen molar-refractivity contribution in [3.63, 3.8) is 0 Å². The maximum atomic E-state index is 15.0. The highest BCUT2D eigenvalue weighted by Gasteiger charge is 2.42. The number of carbonyl (C=O) groups excluding carboxylic acids is 1. The Balaban J connectivity index is 1.24. The van der Waals surface area contributed by atoms with Gasteiger partial charge >= 0.3 is 6.09 Å². The molecule has 0 aromatic carbocycles. The van der Waals surface area contributed by atoms with Gasteiger partial charge in [0.2, 0.25) is 5.95 Å². The average molecular weight is 503 g/mol. The molecule has 13 heteroatoms. The van der Waals surface area contributed by atoms with Crippen LogP contribution in [0.25, 0.3) is 5.65 Å². The van der Waals surface area contributed by atoms with Crippen LogP contribution in [-0.2, 0) is 20.8 Å². The summed E-state index contributed by atoms with van der Waals surface area (Å²) in [5.74, 6) is 0.970. The maximum Gasteiger partial charge on any atom is 0.407 e. The second-order valence-electron chi connectivity index (χ2n) is 9.37. The van der Waals surface area contributed by atoms with Crippen molar-refractivity contribution in [3.05, 3.63) is 35.9 Å². The van der Waals surface area contributed by atoms with Gasteiger partial charge in [0, 0.05) is 50.7 Å². The Labute approximate surface area is 207 Å². The third-order valence-corrected chi connectivity index (χ3v) is 6.32. The number of likely N-dealkylation sites (tertiary alicyclic amines) is 1. The molecule has 1 amide bonds. The minimum Gasteiger partial charge on any atom is -0.441 e. The van der Waals surface area contributed by atoms with Crippen molar-refractivity contribution >= 4 is 23.5 Å². The van der Waals surface area contributed by atoms with Gasteiger partial charge in [-0.3, -0.25) is 14.4 Å². The molecule has 2 fully saturated rings. The molecule has 5 rings (SSSR count). The zero-order chi connectivity index (χ0) is 25.2. The normalized spacial score (nSPS) is 24.2. The van der Waals surface area contributed by atoms with E-state index in [2.05, 4.69) is 30.7 Å². The first-order chi connectivity index (χ1) is 17.4. The second kappa shape index (κ2) is 10.4.